The van der Waals surface area contributed by atoms with Gasteiger partial charge in [-0.2, -0.15) is 0 Å². The van der Waals surface area contributed by atoms with E-state index >= 15 is 0 Å². The Balaban J connectivity index is 1.26. The van der Waals surface area contributed by atoms with Crippen molar-refractivity contribution < 1.29 is 24.2 Å². The number of carboxylic acids is 1. The second-order valence-corrected chi connectivity index (χ2v) is 9.43. The van der Waals surface area contributed by atoms with E-state index in [9.17, 15) is 19.5 Å². The largest absolute Gasteiger partial charge is 0.481 e. The molecule has 180 valence electrons. The van der Waals surface area contributed by atoms with Crippen molar-refractivity contribution in [1.82, 2.24) is 10.2 Å². The number of nitrogens with zero attached hydrogens (tertiary/aromatic N) is 1. The van der Waals surface area contributed by atoms with Gasteiger partial charge in [0, 0.05) is 31.5 Å². The third-order valence-corrected chi connectivity index (χ3v) is 7.09. The zero-order valence-corrected chi connectivity index (χ0v) is 19.7. The van der Waals surface area contributed by atoms with Gasteiger partial charge < -0.3 is 20.1 Å². The Bertz CT molecular complexity index is 1020. The second kappa shape index (κ2) is 10.3. The van der Waals surface area contributed by atoms with Crippen LogP contribution in [0, 0.1) is 11.8 Å². The lowest BCUT2D eigenvalue weighted by molar-refractivity contribution is -0.149. The molecular formula is C27H32N2O5. The van der Waals surface area contributed by atoms with Gasteiger partial charge >= 0.3 is 12.1 Å². The van der Waals surface area contributed by atoms with Crippen molar-refractivity contribution in [2.45, 2.75) is 45.1 Å². The summed E-state index contributed by atoms with van der Waals surface area (Å²) in [6.45, 7) is 4.83. The van der Waals surface area contributed by atoms with E-state index in [1.54, 1.807) is 11.8 Å². The number of amides is 2. The number of piperidine rings is 1. The number of hydrogen-bond acceptors (Lipinski definition) is 4. The molecule has 0 aromatic heterocycles. The van der Waals surface area contributed by atoms with Crippen LogP contribution < -0.4 is 5.32 Å². The zero-order chi connectivity index (χ0) is 24.2. The van der Waals surface area contributed by atoms with Crippen molar-refractivity contribution in [3.63, 3.8) is 0 Å². The van der Waals surface area contributed by atoms with Crippen LogP contribution in [0.2, 0.25) is 0 Å². The summed E-state index contributed by atoms with van der Waals surface area (Å²) in [5, 5.41) is 12.1. The smallest absolute Gasteiger partial charge is 0.407 e. The molecule has 4 rings (SSSR count). The number of carbonyl (C=O) groups excluding carboxylic acids is 2. The molecule has 0 spiro atoms. The van der Waals surface area contributed by atoms with Crippen molar-refractivity contribution >= 4 is 18.0 Å². The number of fused-ring (bicyclic) bond motifs is 3. The summed E-state index contributed by atoms with van der Waals surface area (Å²) < 4.78 is 5.56. The Labute approximate surface area is 200 Å². The maximum absolute atomic E-state index is 12.8. The predicted molar refractivity (Wildman–Crippen MR) is 128 cm³/mol. The molecule has 7 heteroatoms. The van der Waals surface area contributed by atoms with E-state index in [1.807, 2.05) is 31.2 Å². The number of alkyl carbamates (subject to hydrolysis) is 1. The van der Waals surface area contributed by atoms with Gasteiger partial charge in [0.25, 0.3) is 0 Å². The van der Waals surface area contributed by atoms with E-state index in [-0.39, 0.29) is 36.8 Å². The lowest BCUT2D eigenvalue weighted by Gasteiger charge is -2.38. The minimum absolute atomic E-state index is 0.0000728. The summed E-state index contributed by atoms with van der Waals surface area (Å²) in [6, 6.07) is 16.0. The molecule has 2 aliphatic rings. The van der Waals surface area contributed by atoms with Crippen LogP contribution in [0.3, 0.4) is 0 Å². The molecule has 1 fully saturated rings. The Morgan fingerprint density at radius 2 is 1.71 bits per heavy atom. The number of nitrogens with one attached hydrogen (secondary N) is 1. The van der Waals surface area contributed by atoms with Crippen LogP contribution in [0.4, 0.5) is 4.79 Å². The highest BCUT2D eigenvalue weighted by atomic mass is 16.5. The monoisotopic (exact) mass is 464 g/mol. The number of carboxylic acid groups (broad SMARTS) is 1. The number of hydrogen-bond donors (Lipinski definition) is 2. The average molecular weight is 465 g/mol. The van der Waals surface area contributed by atoms with E-state index in [1.165, 1.54) is 11.1 Å². The Hall–Kier alpha value is -3.35. The van der Waals surface area contributed by atoms with Crippen molar-refractivity contribution in [1.29, 1.82) is 0 Å². The van der Waals surface area contributed by atoms with Gasteiger partial charge in [-0.05, 0) is 47.9 Å². The first-order valence-electron chi connectivity index (χ1n) is 12.0. The SMILES string of the molecule is CC(CNC(=O)OCC1c2ccccc2-c2ccccc21)CC(=O)N1CCCC(C(=O)O)C1C. The standard InChI is InChI=1S/C27H32N2O5/c1-17(14-25(30)29-13-7-12-19(18(29)2)26(31)32)15-28-27(33)34-16-24-22-10-5-3-8-20(22)21-9-4-6-11-23(21)24/h3-6,8-11,17-19,24H,7,12-16H2,1-2H3,(H,28,33)(H,31,32). The Morgan fingerprint density at radius 3 is 2.32 bits per heavy atom. The van der Waals surface area contributed by atoms with Gasteiger partial charge in [-0.3, -0.25) is 9.59 Å². The quantitative estimate of drug-likeness (QED) is 0.638. The highest BCUT2D eigenvalue weighted by molar-refractivity contribution is 5.80. The highest BCUT2D eigenvalue weighted by Gasteiger charge is 2.35. The molecule has 3 atom stereocenters. The van der Waals surface area contributed by atoms with E-state index < -0.39 is 18.0 Å². The lowest BCUT2D eigenvalue weighted by Crippen LogP contribution is -2.49. The summed E-state index contributed by atoms with van der Waals surface area (Å²) in [4.78, 5) is 38.2. The number of benzene rings is 2. The van der Waals surface area contributed by atoms with Gasteiger partial charge in [0.1, 0.15) is 6.61 Å². The first kappa shape index (κ1) is 23.8. The number of rotatable bonds is 7. The van der Waals surface area contributed by atoms with Crippen molar-refractivity contribution in [2.75, 3.05) is 19.7 Å². The minimum atomic E-state index is -0.852. The maximum atomic E-state index is 12.8. The summed E-state index contributed by atoms with van der Waals surface area (Å²) in [6.07, 6.45) is 1.04. The molecule has 1 heterocycles. The summed E-state index contributed by atoms with van der Waals surface area (Å²) in [7, 11) is 0. The third-order valence-electron chi connectivity index (χ3n) is 7.09. The Kier molecular flexibility index (Phi) is 7.20. The van der Waals surface area contributed by atoms with E-state index in [2.05, 4.69) is 29.6 Å². The molecule has 1 aliphatic heterocycles. The molecule has 2 N–H and O–H groups in total. The van der Waals surface area contributed by atoms with Crippen LogP contribution in [-0.4, -0.2) is 53.7 Å². The molecule has 7 nitrogen and oxygen atoms in total. The highest BCUT2D eigenvalue weighted by Crippen LogP contribution is 2.44. The molecule has 1 saturated heterocycles. The fourth-order valence-corrected chi connectivity index (χ4v) is 5.22. The molecule has 2 aromatic carbocycles. The van der Waals surface area contributed by atoms with Crippen molar-refractivity contribution in [3.8, 4) is 11.1 Å². The molecule has 3 unspecified atom stereocenters. The van der Waals surface area contributed by atoms with E-state index in [0.29, 0.717) is 25.9 Å². The van der Waals surface area contributed by atoms with Gasteiger partial charge in [0.2, 0.25) is 5.91 Å². The summed E-state index contributed by atoms with van der Waals surface area (Å²) in [5.41, 5.74) is 4.67. The molecule has 1 aliphatic carbocycles. The topological polar surface area (TPSA) is 95.9 Å². The van der Waals surface area contributed by atoms with Crippen molar-refractivity contribution in [3.05, 3.63) is 59.7 Å². The predicted octanol–water partition coefficient (Wildman–Crippen LogP) is 4.26. The van der Waals surface area contributed by atoms with Gasteiger partial charge in [-0.25, -0.2) is 4.79 Å². The fraction of sp³-hybridized carbons (Fsp3) is 0.444. The summed E-state index contributed by atoms with van der Waals surface area (Å²) >= 11 is 0. The minimum Gasteiger partial charge on any atom is -0.481 e. The first-order chi connectivity index (χ1) is 16.4. The summed E-state index contributed by atoms with van der Waals surface area (Å²) in [5.74, 6) is -1.53. The van der Waals surface area contributed by atoms with Gasteiger partial charge in [-0.15, -0.1) is 0 Å². The van der Waals surface area contributed by atoms with E-state index in [4.69, 9.17) is 4.74 Å². The molecule has 34 heavy (non-hydrogen) atoms. The number of ether oxygens (including phenoxy) is 1. The average Bonchev–Trinajstić information content (AvgIpc) is 3.15. The van der Waals surface area contributed by atoms with Crippen LogP contribution in [0.1, 0.15) is 50.2 Å². The molecule has 2 amide bonds. The molecule has 0 bridgehead atoms. The zero-order valence-electron chi connectivity index (χ0n) is 19.7. The van der Waals surface area contributed by atoms with Crippen molar-refractivity contribution in [2.24, 2.45) is 11.8 Å². The first-order valence-corrected chi connectivity index (χ1v) is 12.0. The fourth-order valence-electron chi connectivity index (χ4n) is 5.22. The maximum Gasteiger partial charge on any atom is 0.407 e. The molecule has 0 saturated carbocycles. The van der Waals surface area contributed by atoms with Crippen LogP contribution in [-0.2, 0) is 14.3 Å². The molecular weight excluding hydrogens is 432 g/mol. The normalized spacial score (nSPS) is 20.2. The van der Waals surface area contributed by atoms with Gasteiger partial charge in [0.05, 0.1) is 5.92 Å². The lowest BCUT2D eigenvalue weighted by atomic mass is 9.89. The molecule has 2 aromatic rings. The number of aliphatic carboxylic acids is 1. The van der Waals surface area contributed by atoms with Gasteiger partial charge in [0.15, 0.2) is 0 Å². The second-order valence-electron chi connectivity index (χ2n) is 9.43. The molecule has 0 radical (unpaired) electrons. The third kappa shape index (κ3) is 4.93. The Morgan fingerprint density at radius 1 is 1.09 bits per heavy atom. The van der Waals surface area contributed by atoms with Crippen LogP contribution in [0.25, 0.3) is 11.1 Å². The van der Waals surface area contributed by atoms with Gasteiger partial charge in [-0.1, -0.05) is 55.5 Å². The van der Waals surface area contributed by atoms with Crippen LogP contribution >= 0.6 is 0 Å². The number of likely N-dealkylation sites (tertiary alicyclic amines) is 1. The number of carbonyl (C=O) groups is 3. The van der Waals surface area contributed by atoms with Crippen LogP contribution in [0.5, 0.6) is 0 Å². The van der Waals surface area contributed by atoms with E-state index in [0.717, 1.165) is 11.1 Å². The van der Waals surface area contributed by atoms with Crippen LogP contribution in [0.15, 0.2) is 48.5 Å².